The molecule has 0 radical (unpaired) electrons. The van der Waals surface area contributed by atoms with Gasteiger partial charge in [0, 0.05) is 13.6 Å². The fraction of sp³-hybridized carbons (Fsp3) is 0.900. The number of rotatable bonds is 5. The Morgan fingerprint density at radius 2 is 2.00 bits per heavy atom. The fourth-order valence-electron chi connectivity index (χ4n) is 1.91. The van der Waals surface area contributed by atoms with E-state index in [4.69, 9.17) is 5.26 Å². The van der Waals surface area contributed by atoms with Gasteiger partial charge in [-0.1, -0.05) is 19.3 Å². The van der Waals surface area contributed by atoms with Crippen molar-refractivity contribution in [3.63, 3.8) is 0 Å². The molecule has 1 rings (SSSR count). The Balaban J connectivity index is 2.38. The number of nitriles is 1. The lowest BCUT2D eigenvalue weighted by molar-refractivity contribution is 0.353. The van der Waals surface area contributed by atoms with Crippen LogP contribution in [0.25, 0.3) is 0 Å². The summed E-state index contributed by atoms with van der Waals surface area (Å²) in [6.07, 6.45) is 5.85. The maximum absolute atomic E-state index is 11.6. The SMILES string of the molecule is CN(CC#N)S(=O)(=O)NCC1CCCCC1. The van der Waals surface area contributed by atoms with Crippen LogP contribution in [0.15, 0.2) is 0 Å². The van der Waals surface area contributed by atoms with Crippen LogP contribution in [-0.4, -0.2) is 32.9 Å². The Hall–Kier alpha value is -0.640. The van der Waals surface area contributed by atoms with Gasteiger partial charge in [0.1, 0.15) is 6.54 Å². The van der Waals surface area contributed by atoms with Gasteiger partial charge >= 0.3 is 0 Å². The van der Waals surface area contributed by atoms with E-state index in [2.05, 4.69) is 4.72 Å². The van der Waals surface area contributed by atoms with Crippen LogP contribution in [0.3, 0.4) is 0 Å². The third-order valence-corrected chi connectivity index (χ3v) is 4.46. The molecule has 1 N–H and O–H groups in total. The van der Waals surface area contributed by atoms with Crippen LogP contribution in [0.1, 0.15) is 32.1 Å². The molecule has 0 spiro atoms. The Labute approximate surface area is 97.6 Å². The van der Waals surface area contributed by atoms with Gasteiger partial charge in [-0.05, 0) is 18.8 Å². The average Bonchev–Trinajstić information content (AvgIpc) is 2.28. The maximum Gasteiger partial charge on any atom is 0.280 e. The highest BCUT2D eigenvalue weighted by molar-refractivity contribution is 7.87. The molecule has 92 valence electrons. The first-order valence-corrected chi connectivity index (χ1v) is 7.08. The molecule has 1 fully saturated rings. The molecule has 16 heavy (non-hydrogen) atoms. The van der Waals surface area contributed by atoms with Gasteiger partial charge in [0.25, 0.3) is 10.2 Å². The number of nitrogens with one attached hydrogen (secondary N) is 1. The minimum Gasteiger partial charge on any atom is -0.202 e. The first kappa shape index (κ1) is 13.4. The molecule has 0 atom stereocenters. The van der Waals surface area contributed by atoms with Crippen molar-refractivity contribution in [3.05, 3.63) is 0 Å². The van der Waals surface area contributed by atoms with Crippen molar-refractivity contribution < 1.29 is 8.42 Å². The molecular weight excluding hydrogens is 226 g/mol. The zero-order chi connectivity index (χ0) is 12.0. The first-order valence-electron chi connectivity index (χ1n) is 5.64. The molecule has 1 saturated carbocycles. The summed E-state index contributed by atoms with van der Waals surface area (Å²) in [5.41, 5.74) is 0. The van der Waals surface area contributed by atoms with Crippen molar-refractivity contribution in [2.45, 2.75) is 32.1 Å². The van der Waals surface area contributed by atoms with Crippen molar-refractivity contribution in [1.29, 1.82) is 5.26 Å². The molecule has 0 saturated heterocycles. The summed E-state index contributed by atoms with van der Waals surface area (Å²) in [6.45, 7) is 0.387. The number of nitrogens with zero attached hydrogens (tertiary/aromatic N) is 2. The summed E-state index contributed by atoms with van der Waals surface area (Å²) < 4.78 is 26.9. The Kier molecular flexibility index (Phi) is 5.19. The van der Waals surface area contributed by atoms with Crippen LogP contribution in [-0.2, 0) is 10.2 Å². The van der Waals surface area contributed by atoms with Gasteiger partial charge in [-0.3, -0.25) is 0 Å². The van der Waals surface area contributed by atoms with E-state index in [0.717, 1.165) is 17.1 Å². The highest BCUT2D eigenvalue weighted by Gasteiger charge is 2.20. The predicted octanol–water partition coefficient (Wildman–Crippen LogP) is 0.856. The molecule has 0 aromatic rings. The minimum absolute atomic E-state index is 0.111. The highest BCUT2D eigenvalue weighted by Crippen LogP contribution is 2.22. The third kappa shape index (κ3) is 4.08. The predicted molar refractivity (Wildman–Crippen MR) is 61.7 cm³/mol. The van der Waals surface area contributed by atoms with Crippen LogP contribution >= 0.6 is 0 Å². The third-order valence-electron chi connectivity index (χ3n) is 2.98. The molecular formula is C10H19N3O2S. The van der Waals surface area contributed by atoms with Crippen LogP contribution in [0.2, 0.25) is 0 Å². The normalized spacial score (nSPS) is 18.6. The lowest BCUT2D eigenvalue weighted by Gasteiger charge is -2.23. The second kappa shape index (κ2) is 6.18. The minimum atomic E-state index is -3.46. The van der Waals surface area contributed by atoms with Crippen LogP contribution in [0.5, 0.6) is 0 Å². The van der Waals surface area contributed by atoms with Gasteiger partial charge in [0.05, 0.1) is 6.07 Å². The maximum atomic E-state index is 11.6. The van der Waals surface area contributed by atoms with E-state index >= 15 is 0 Å². The number of hydrogen-bond donors (Lipinski definition) is 1. The largest absolute Gasteiger partial charge is 0.280 e. The molecule has 5 nitrogen and oxygen atoms in total. The monoisotopic (exact) mass is 245 g/mol. The van der Waals surface area contributed by atoms with Gasteiger partial charge in [0.2, 0.25) is 0 Å². The van der Waals surface area contributed by atoms with Gasteiger partial charge < -0.3 is 0 Å². The summed E-state index contributed by atoms with van der Waals surface area (Å²) in [5, 5.41) is 8.43. The summed E-state index contributed by atoms with van der Waals surface area (Å²) in [4.78, 5) is 0. The zero-order valence-corrected chi connectivity index (χ0v) is 10.5. The molecule has 0 unspecified atom stereocenters. The van der Waals surface area contributed by atoms with E-state index in [0.29, 0.717) is 12.5 Å². The molecule has 1 aliphatic rings. The quantitative estimate of drug-likeness (QED) is 0.730. The van der Waals surface area contributed by atoms with Crippen molar-refractivity contribution in [2.75, 3.05) is 20.1 Å². The van der Waals surface area contributed by atoms with Crippen molar-refractivity contribution in [1.82, 2.24) is 9.03 Å². The molecule has 0 aromatic carbocycles. The van der Waals surface area contributed by atoms with Gasteiger partial charge in [-0.2, -0.15) is 18.0 Å². The van der Waals surface area contributed by atoms with E-state index in [9.17, 15) is 8.42 Å². The Bertz CT molecular complexity index is 342. The Morgan fingerprint density at radius 1 is 1.38 bits per heavy atom. The summed E-state index contributed by atoms with van der Waals surface area (Å²) in [7, 11) is -2.05. The van der Waals surface area contributed by atoms with Gasteiger partial charge in [-0.25, -0.2) is 4.72 Å². The zero-order valence-electron chi connectivity index (χ0n) is 9.65. The van der Waals surface area contributed by atoms with Crippen molar-refractivity contribution in [2.24, 2.45) is 5.92 Å². The molecule has 0 aromatic heterocycles. The van der Waals surface area contributed by atoms with Crippen molar-refractivity contribution in [3.8, 4) is 6.07 Å². The summed E-state index contributed by atoms with van der Waals surface area (Å²) in [6, 6.07) is 1.82. The summed E-state index contributed by atoms with van der Waals surface area (Å²) >= 11 is 0. The molecule has 0 heterocycles. The topological polar surface area (TPSA) is 73.2 Å². The average molecular weight is 245 g/mol. The smallest absolute Gasteiger partial charge is 0.202 e. The van der Waals surface area contributed by atoms with Crippen LogP contribution in [0.4, 0.5) is 0 Å². The highest BCUT2D eigenvalue weighted by atomic mass is 32.2. The molecule has 0 amide bonds. The first-order chi connectivity index (χ1) is 7.56. The van der Waals surface area contributed by atoms with Gasteiger partial charge in [-0.15, -0.1) is 0 Å². The van der Waals surface area contributed by atoms with E-state index in [-0.39, 0.29) is 6.54 Å². The second-order valence-corrected chi connectivity index (χ2v) is 6.13. The Morgan fingerprint density at radius 3 is 2.56 bits per heavy atom. The van der Waals surface area contributed by atoms with E-state index in [1.807, 2.05) is 6.07 Å². The van der Waals surface area contributed by atoms with Crippen molar-refractivity contribution >= 4 is 10.2 Å². The van der Waals surface area contributed by atoms with E-state index in [1.165, 1.54) is 26.3 Å². The molecule has 0 aliphatic heterocycles. The molecule has 0 bridgehead atoms. The van der Waals surface area contributed by atoms with Gasteiger partial charge in [0.15, 0.2) is 0 Å². The number of hydrogen-bond acceptors (Lipinski definition) is 3. The summed E-state index contributed by atoms with van der Waals surface area (Å²) in [5.74, 6) is 0.457. The van der Waals surface area contributed by atoms with E-state index < -0.39 is 10.2 Å². The van der Waals surface area contributed by atoms with Crippen LogP contribution < -0.4 is 4.72 Å². The molecule has 6 heteroatoms. The lowest BCUT2D eigenvalue weighted by atomic mass is 9.90. The fourth-order valence-corrected chi connectivity index (χ4v) is 2.80. The van der Waals surface area contributed by atoms with Crippen LogP contribution in [0, 0.1) is 17.2 Å². The van der Waals surface area contributed by atoms with E-state index in [1.54, 1.807) is 0 Å². The lowest BCUT2D eigenvalue weighted by Crippen LogP contribution is -2.40. The second-order valence-electron chi connectivity index (χ2n) is 4.27. The standard InChI is InChI=1S/C10H19N3O2S/c1-13(8-7-11)16(14,15)12-9-10-5-3-2-4-6-10/h10,12H,2-6,8-9H2,1H3. The molecule has 1 aliphatic carbocycles.